The molecule has 144 valence electrons. The summed E-state index contributed by atoms with van der Waals surface area (Å²) in [5.41, 5.74) is 3.33. The smallest absolute Gasteiger partial charge is 0.197 e. The molecular weight excluding hydrogens is 361 g/mol. The number of anilines is 1. The highest BCUT2D eigenvalue weighted by atomic mass is 31.2. The summed E-state index contributed by atoms with van der Waals surface area (Å²) in [6, 6.07) is 6.30. The van der Waals surface area contributed by atoms with Crippen molar-refractivity contribution in [3.05, 3.63) is 29.5 Å². The third-order valence-corrected chi connectivity index (χ3v) is 6.36. The van der Waals surface area contributed by atoms with Crippen LogP contribution in [0.1, 0.15) is 30.4 Å². The van der Waals surface area contributed by atoms with Gasteiger partial charge in [0.2, 0.25) is 0 Å². The average molecular weight is 387 g/mol. The van der Waals surface area contributed by atoms with Crippen LogP contribution in [0, 0.1) is 24.2 Å². The fraction of sp³-hybridized carbons (Fsp3) is 0.500. The van der Waals surface area contributed by atoms with Crippen LogP contribution in [-0.2, 0) is 4.57 Å². The minimum atomic E-state index is -2.94. The molecule has 1 N–H and O–H groups in total. The molecule has 0 amide bonds. The normalized spacial score (nSPS) is 17.5. The largest absolute Gasteiger partial charge is 0.494 e. The van der Waals surface area contributed by atoms with Crippen molar-refractivity contribution >= 4 is 24.0 Å². The summed E-state index contributed by atoms with van der Waals surface area (Å²) in [4.78, 5) is 16.2. The summed E-state index contributed by atoms with van der Waals surface area (Å²) < 4.78 is 17.0. The number of aromatic nitrogens is 1. The van der Waals surface area contributed by atoms with Crippen molar-refractivity contribution in [3.63, 3.8) is 0 Å². The number of nitrogens with zero attached hydrogens (tertiary/aromatic N) is 3. The van der Waals surface area contributed by atoms with Crippen LogP contribution in [0.5, 0.6) is 5.75 Å². The van der Waals surface area contributed by atoms with Gasteiger partial charge >= 0.3 is 0 Å². The number of nitriles is 1. The minimum absolute atomic E-state index is 0.385. The van der Waals surface area contributed by atoms with Crippen LogP contribution in [0.4, 0.5) is 5.69 Å². The van der Waals surface area contributed by atoms with Crippen LogP contribution < -0.4 is 9.64 Å². The predicted octanol–water partition coefficient (Wildman–Crippen LogP) is 3.93. The third-order valence-electron chi connectivity index (χ3n) is 5.28. The van der Waals surface area contributed by atoms with E-state index >= 15 is 0 Å². The van der Waals surface area contributed by atoms with Gasteiger partial charge in [-0.1, -0.05) is 0 Å². The predicted molar refractivity (Wildman–Crippen MR) is 108 cm³/mol. The first-order valence-electron chi connectivity index (χ1n) is 9.24. The van der Waals surface area contributed by atoms with E-state index in [0.29, 0.717) is 23.4 Å². The molecule has 2 heterocycles. The number of pyridine rings is 1. The Bertz CT molecular complexity index is 924. The first kappa shape index (κ1) is 19.7. The molecule has 0 spiro atoms. The maximum absolute atomic E-state index is 11.6. The second-order valence-electron chi connectivity index (χ2n) is 7.49. The van der Waals surface area contributed by atoms with Gasteiger partial charge in [-0.3, -0.25) is 9.55 Å². The zero-order valence-corrected chi connectivity index (χ0v) is 17.0. The summed E-state index contributed by atoms with van der Waals surface area (Å²) in [5, 5.41) is 10.6. The maximum Gasteiger partial charge on any atom is 0.197 e. The van der Waals surface area contributed by atoms with Crippen molar-refractivity contribution in [3.8, 4) is 11.8 Å². The first-order chi connectivity index (χ1) is 12.8. The highest BCUT2D eigenvalue weighted by Crippen LogP contribution is 2.40. The molecule has 1 aromatic carbocycles. The Morgan fingerprint density at radius 1 is 1.41 bits per heavy atom. The molecule has 1 fully saturated rings. The van der Waals surface area contributed by atoms with Crippen LogP contribution in [0.3, 0.4) is 0 Å². The van der Waals surface area contributed by atoms with Crippen molar-refractivity contribution in [1.29, 1.82) is 5.26 Å². The lowest BCUT2D eigenvalue weighted by Crippen LogP contribution is -2.34. The van der Waals surface area contributed by atoms with Gasteiger partial charge in [0.25, 0.3) is 0 Å². The number of aryl methyl sites for hydroxylation is 1. The van der Waals surface area contributed by atoms with Gasteiger partial charge < -0.3 is 14.5 Å². The lowest BCUT2D eigenvalue weighted by molar-refractivity contribution is 0.389. The molecule has 0 bridgehead atoms. The summed E-state index contributed by atoms with van der Waals surface area (Å²) in [6.45, 7) is 5.09. The average Bonchev–Trinajstić information content (AvgIpc) is 2.64. The third kappa shape index (κ3) is 4.43. The lowest BCUT2D eigenvalue weighted by atomic mass is 9.93. The number of methoxy groups -OCH3 is 1. The Morgan fingerprint density at radius 2 is 2.11 bits per heavy atom. The van der Waals surface area contributed by atoms with Crippen molar-refractivity contribution in [2.45, 2.75) is 26.2 Å². The molecule has 7 heteroatoms. The molecule has 1 atom stereocenters. The van der Waals surface area contributed by atoms with Crippen LogP contribution in [-0.4, -0.2) is 42.9 Å². The highest BCUT2D eigenvalue weighted by Gasteiger charge is 2.25. The molecule has 2 aromatic rings. The Kier molecular flexibility index (Phi) is 5.74. The fourth-order valence-electron chi connectivity index (χ4n) is 3.84. The highest BCUT2D eigenvalue weighted by molar-refractivity contribution is 7.57. The SMILES string of the molecule is COc1cc(C)cc2c(N3CCC(CCP(C)(=O)O)CC3)c(C#N)cnc12. The standard InChI is InChI=1S/C20H26N3O3P/c1-14-10-17-19(18(11-14)26-2)22-13-16(12-21)20(17)23-7-4-15(5-8-23)6-9-27(3,24)25/h10-11,13,15H,4-9H2,1-3H3,(H,24,25). The number of fused-ring (bicyclic) bond motifs is 1. The van der Waals surface area contributed by atoms with Crippen molar-refractivity contribution in [1.82, 2.24) is 4.98 Å². The molecule has 1 aromatic heterocycles. The molecule has 27 heavy (non-hydrogen) atoms. The van der Waals surface area contributed by atoms with Gasteiger partial charge in [-0.15, -0.1) is 0 Å². The lowest BCUT2D eigenvalue weighted by Gasteiger charge is -2.35. The van der Waals surface area contributed by atoms with Crippen molar-refractivity contribution < 1.29 is 14.2 Å². The summed E-state index contributed by atoms with van der Waals surface area (Å²) >= 11 is 0. The van der Waals surface area contributed by atoms with Crippen molar-refractivity contribution in [2.24, 2.45) is 5.92 Å². The zero-order valence-electron chi connectivity index (χ0n) is 16.1. The molecule has 1 saturated heterocycles. The Morgan fingerprint density at radius 3 is 2.70 bits per heavy atom. The van der Waals surface area contributed by atoms with E-state index in [4.69, 9.17) is 4.74 Å². The molecule has 0 saturated carbocycles. The van der Waals surface area contributed by atoms with Gasteiger partial charge in [0.05, 0.1) is 18.4 Å². The topological polar surface area (TPSA) is 86.5 Å². The molecule has 0 radical (unpaired) electrons. The zero-order chi connectivity index (χ0) is 19.6. The van der Waals surface area contributed by atoms with Gasteiger partial charge in [-0.05, 0) is 49.8 Å². The van der Waals surface area contributed by atoms with Crippen LogP contribution in [0.2, 0.25) is 0 Å². The summed E-state index contributed by atoms with van der Waals surface area (Å²) in [5.74, 6) is 1.17. The van der Waals surface area contributed by atoms with E-state index in [2.05, 4.69) is 22.0 Å². The summed E-state index contributed by atoms with van der Waals surface area (Å²) in [7, 11) is -1.31. The second kappa shape index (κ2) is 7.88. The monoisotopic (exact) mass is 387 g/mol. The van der Waals surface area contributed by atoms with Crippen LogP contribution in [0.25, 0.3) is 10.9 Å². The fourth-order valence-corrected chi connectivity index (χ4v) is 4.68. The van der Waals surface area contributed by atoms with E-state index in [9.17, 15) is 14.7 Å². The van der Waals surface area contributed by atoms with Gasteiger partial charge in [-0.25, -0.2) is 0 Å². The van der Waals surface area contributed by atoms with Crippen LogP contribution in [0.15, 0.2) is 18.3 Å². The molecule has 1 aliphatic heterocycles. The Balaban J connectivity index is 1.90. The van der Waals surface area contributed by atoms with E-state index in [1.54, 1.807) is 13.3 Å². The van der Waals surface area contributed by atoms with Gasteiger partial charge in [0.15, 0.2) is 7.37 Å². The Labute approximate surface area is 160 Å². The van der Waals surface area contributed by atoms with E-state index in [0.717, 1.165) is 54.5 Å². The van der Waals surface area contributed by atoms with Crippen LogP contribution >= 0.6 is 7.37 Å². The molecular formula is C20H26N3O3P. The maximum atomic E-state index is 11.6. The number of ether oxygens (including phenoxy) is 1. The van der Waals surface area contributed by atoms with E-state index in [1.807, 2.05) is 13.0 Å². The second-order valence-corrected chi connectivity index (χ2v) is 10.0. The van der Waals surface area contributed by atoms with E-state index in [1.165, 1.54) is 6.66 Å². The molecule has 0 aliphatic carbocycles. The van der Waals surface area contributed by atoms with Gasteiger partial charge in [-0.2, -0.15) is 5.26 Å². The Hall–Kier alpha value is -2.09. The molecule has 3 rings (SSSR count). The first-order valence-corrected chi connectivity index (χ1v) is 11.5. The van der Waals surface area contributed by atoms with Crippen molar-refractivity contribution in [2.75, 3.05) is 37.9 Å². The molecule has 1 aliphatic rings. The number of piperidine rings is 1. The number of hydrogen-bond donors (Lipinski definition) is 1. The quantitative estimate of drug-likeness (QED) is 0.783. The van der Waals surface area contributed by atoms with E-state index in [-0.39, 0.29) is 0 Å². The molecule has 1 unspecified atom stereocenters. The number of hydrogen-bond acceptors (Lipinski definition) is 5. The number of rotatable bonds is 5. The van der Waals surface area contributed by atoms with E-state index < -0.39 is 7.37 Å². The minimum Gasteiger partial charge on any atom is -0.494 e. The molecule has 6 nitrogen and oxygen atoms in total. The summed E-state index contributed by atoms with van der Waals surface area (Å²) in [6.07, 6.45) is 4.71. The van der Waals surface area contributed by atoms with Gasteiger partial charge in [0.1, 0.15) is 17.3 Å². The number of benzene rings is 1. The van der Waals surface area contributed by atoms with Gasteiger partial charge in [0, 0.05) is 37.5 Å².